The summed E-state index contributed by atoms with van der Waals surface area (Å²) in [6.07, 6.45) is 0. The van der Waals surface area contributed by atoms with Crippen molar-refractivity contribution in [3.63, 3.8) is 0 Å². The van der Waals surface area contributed by atoms with E-state index >= 15 is 0 Å². The lowest BCUT2D eigenvalue weighted by Crippen LogP contribution is -2.27. The number of primary amides is 1. The molecule has 0 aliphatic rings. The van der Waals surface area contributed by atoms with Crippen LogP contribution in [0, 0.1) is 5.82 Å². The van der Waals surface area contributed by atoms with Crippen molar-refractivity contribution in [2.75, 3.05) is 13.2 Å². The van der Waals surface area contributed by atoms with Gasteiger partial charge in [-0.25, -0.2) is 9.18 Å². The van der Waals surface area contributed by atoms with Gasteiger partial charge in [-0.15, -0.1) is 0 Å². The fraction of sp³-hybridized carbons (Fsp3) is 0.200. The Morgan fingerprint density at radius 3 is 2.54 bits per heavy atom. The van der Waals surface area contributed by atoms with Crippen LogP contribution in [0.25, 0.3) is 5.69 Å². The first-order chi connectivity index (χ1) is 11.4. The zero-order chi connectivity index (χ0) is 17.7. The lowest BCUT2D eigenvalue weighted by Gasteiger charge is -2.11. The highest BCUT2D eigenvalue weighted by molar-refractivity contribution is 5.90. The van der Waals surface area contributed by atoms with Crippen LogP contribution in [0.4, 0.5) is 4.39 Å². The number of aromatic nitrogens is 2. The third-order valence-electron chi connectivity index (χ3n) is 2.81. The SMILES string of the molecule is CCOC(=O)c1nn(-c2ccc(F)cc2)c(=O)cc1OCC(N)=O. The average molecular weight is 335 g/mol. The van der Waals surface area contributed by atoms with Gasteiger partial charge in [-0.05, 0) is 31.2 Å². The minimum absolute atomic E-state index is 0.0748. The van der Waals surface area contributed by atoms with Crippen molar-refractivity contribution >= 4 is 11.9 Å². The monoisotopic (exact) mass is 335 g/mol. The molecule has 0 spiro atoms. The molecule has 2 aromatic rings. The quantitative estimate of drug-likeness (QED) is 0.765. The summed E-state index contributed by atoms with van der Waals surface area (Å²) in [4.78, 5) is 35.0. The molecule has 0 atom stereocenters. The number of halogens is 1. The van der Waals surface area contributed by atoms with Crippen LogP contribution in [0.5, 0.6) is 5.75 Å². The Labute approximate surface area is 135 Å². The third kappa shape index (κ3) is 3.94. The number of hydrogen-bond acceptors (Lipinski definition) is 6. The average Bonchev–Trinajstić information content (AvgIpc) is 2.54. The van der Waals surface area contributed by atoms with Gasteiger partial charge >= 0.3 is 5.97 Å². The summed E-state index contributed by atoms with van der Waals surface area (Å²) in [5.74, 6) is -2.34. The summed E-state index contributed by atoms with van der Waals surface area (Å²) < 4.78 is 23.8. The van der Waals surface area contributed by atoms with Crippen LogP contribution in [0.15, 0.2) is 35.1 Å². The Hall–Kier alpha value is -3.23. The van der Waals surface area contributed by atoms with Gasteiger partial charge in [0.15, 0.2) is 12.4 Å². The molecule has 0 unspecified atom stereocenters. The number of esters is 1. The van der Waals surface area contributed by atoms with Gasteiger partial charge in [0.25, 0.3) is 11.5 Å². The zero-order valence-corrected chi connectivity index (χ0v) is 12.7. The molecule has 24 heavy (non-hydrogen) atoms. The number of rotatable bonds is 6. The number of hydrogen-bond donors (Lipinski definition) is 1. The van der Waals surface area contributed by atoms with Crippen LogP contribution in [-0.4, -0.2) is 34.9 Å². The predicted octanol–water partition coefficient (Wildman–Crippen LogP) is 0.412. The van der Waals surface area contributed by atoms with E-state index in [2.05, 4.69) is 5.10 Å². The maximum Gasteiger partial charge on any atom is 0.362 e. The topological polar surface area (TPSA) is 114 Å². The molecule has 0 saturated carbocycles. The molecule has 0 saturated heterocycles. The highest BCUT2D eigenvalue weighted by atomic mass is 19.1. The molecule has 1 aromatic carbocycles. The summed E-state index contributed by atoms with van der Waals surface area (Å²) in [5.41, 5.74) is 4.27. The van der Waals surface area contributed by atoms with E-state index in [0.29, 0.717) is 0 Å². The highest BCUT2D eigenvalue weighted by Gasteiger charge is 2.20. The molecule has 126 valence electrons. The van der Waals surface area contributed by atoms with E-state index in [1.165, 1.54) is 12.1 Å². The summed E-state index contributed by atoms with van der Waals surface area (Å²) in [6.45, 7) is 1.14. The summed E-state index contributed by atoms with van der Waals surface area (Å²) in [6, 6.07) is 5.91. The maximum atomic E-state index is 13.0. The number of amides is 1. The molecule has 1 aromatic heterocycles. The second kappa shape index (κ2) is 7.36. The molecule has 1 heterocycles. The number of benzene rings is 1. The Morgan fingerprint density at radius 2 is 1.96 bits per heavy atom. The fourth-order valence-electron chi connectivity index (χ4n) is 1.81. The van der Waals surface area contributed by atoms with Gasteiger partial charge < -0.3 is 15.2 Å². The van der Waals surface area contributed by atoms with Crippen LogP contribution in [-0.2, 0) is 9.53 Å². The van der Waals surface area contributed by atoms with Gasteiger partial charge in [0.2, 0.25) is 5.69 Å². The van der Waals surface area contributed by atoms with Crippen molar-refractivity contribution in [1.29, 1.82) is 0 Å². The normalized spacial score (nSPS) is 10.2. The van der Waals surface area contributed by atoms with Crippen LogP contribution in [0.1, 0.15) is 17.4 Å². The minimum Gasteiger partial charge on any atom is -0.481 e. The Morgan fingerprint density at radius 1 is 1.29 bits per heavy atom. The van der Waals surface area contributed by atoms with Crippen molar-refractivity contribution in [3.05, 3.63) is 52.2 Å². The minimum atomic E-state index is -0.840. The van der Waals surface area contributed by atoms with Crippen molar-refractivity contribution in [2.45, 2.75) is 6.92 Å². The van der Waals surface area contributed by atoms with E-state index in [9.17, 15) is 18.8 Å². The molecule has 9 heteroatoms. The van der Waals surface area contributed by atoms with Crippen molar-refractivity contribution in [1.82, 2.24) is 9.78 Å². The Balaban J connectivity index is 2.52. The van der Waals surface area contributed by atoms with E-state index < -0.39 is 29.9 Å². The van der Waals surface area contributed by atoms with Crippen molar-refractivity contribution in [2.24, 2.45) is 5.73 Å². The Bertz CT molecular complexity index is 817. The molecule has 0 radical (unpaired) electrons. The third-order valence-corrected chi connectivity index (χ3v) is 2.81. The molecule has 2 rings (SSSR count). The second-order valence-electron chi connectivity index (χ2n) is 4.56. The van der Waals surface area contributed by atoms with Crippen LogP contribution in [0.3, 0.4) is 0 Å². The molecule has 0 fully saturated rings. The molecule has 2 N–H and O–H groups in total. The van der Waals surface area contributed by atoms with Gasteiger partial charge in [-0.2, -0.15) is 9.78 Å². The first-order valence-electron chi connectivity index (χ1n) is 6.91. The molecule has 8 nitrogen and oxygen atoms in total. The maximum absolute atomic E-state index is 13.0. The van der Waals surface area contributed by atoms with Gasteiger partial charge in [-0.1, -0.05) is 0 Å². The van der Waals surface area contributed by atoms with Gasteiger partial charge in [-0.3, -0.25) is 9.59 Å². The molecular formula is C15H14FN3O5. The van der Waals surface area contributed by atoms with E-state index in [-0.39, 0.29) is 23.7 Å². The van der Waals surface area contributed by atoms with Gasteiger partial charge in [0.05, 0.1) is 18.4 Å². The van der Waals surface area contributed by atoms with Crippen LogP contribution < -0.4 is 16.0 Å². The van der Waals surface area contributed by atoms with Gasteiger partial charge in [0.1, 0.15) is 5.82 Å². The van der Waals surface area contributed by atoms with E-state index in [1.54, 1.807) is 6.92 Å². The molecule has 0 aliphatic carbocycles. The number of carbonyl (C=O) groups excluding carboxylic acids is 2. The number of ether oxygens (including phenoxy) is 2. The van der Waals surface area contributed by atoms with Crippen LogP contribution in [0.2, 0.25) is 0 Å². The van der Waals surface area contributed by atoms with Crippen molar-refractivity contribution < 1.29 is 23.5 Å². The summed E-state index contributed by atoms with van der Waals surface area (Å²) in [7, 11) is 0. The predicted molar refractivity (Wildman–Crippen MR) is 80.4 cm³/mol. The number of nitrogens with zero attached hydrogens (tertiary/aromatic N) is 2. The number of carbonyl (C=O) groups is 2. The highest BCUT2D eigenvalue weighted by Crippen LogP contribution is 2.16. The smallest absolute Gasteiger partial charge is 0.362 e. The van der Waals surface area contributed by atoms with E-state index in [0.717, 1.165) is 22.9 Å². The van der Waals surface area contributed by atoms with Crippen molar-refractivity contribution in [3.8, 4) is 11.4 Å². The summed E-state index contributed by atoms with van der Waals surface area (Å²) in [5, 5.41) is 3.90. The van der Waals surface area contributed by atoms with Crippen LogP contribution >= 0.6 is 0 Å². The molecule has 1 amide bonds. The molecule has 0 aliphatic heterocycles. The first-order valence-corrected chi connectivity index (χ1v) is 6.91. The summed E-state index contributed by atoms with van der Waals surface area (Å²) >= 11 is 0. The fourth-order valence-corrected chi connectivity index (χ4v) is 1.81. The molecule has 0 bridgehead atoms. The van der Waals surface area contributed by atoms with Gasteiger partial charge in [0, 0.05) is 0 Å². The number of nitrogens with two attached hydrogens (primary N) is 1. The zero-order valence-electron chi connectivity index (χ0n) is 12.7. The largest absolute Gasteiger partial charge is 0.481 e. The molecular weight excluding hydrogens is 321 g/mol. The standard InChI is InChI=1S/C15H14FN3O5/c1-2-23-15(22)14-11(24-8-12(17)20)7-13(21)19(18-14)10-5-3-9(16)4-6-10/h3-7H,2,8H2,1H3,(H2,17,20). The second-order valence-corrected chi connectivity index (χ2v) is 4.56. The van der Waals surface area contributed by atoms with E-state index in [1.807, 2.05) is 0 Å². The lowest BCUT2D eigenvalue weighted by molar-refractivity contribution is -0.120. The Kier molecular flexibility index (Phi) is 5.25. The first kappa shape index (κ1) is 17.1. The van der Waals surface area contributed by atoms with E-state index in [4.69, 9.17) is 15.2 Å². The lowest BCUT2D eigenvalue weighted by atomic mass is 10.3.